The third-order valence-electron chi connectivity index (χ3n) is 2.75. The molecule has 0 N–H and O–H groups in total. The van der Waals surface area contributed by atoms with Crippen LogP contribution in [0.15, 0.2) is 18.2 Å². The van der Waals surface area contributed by atoms with Gasteiger partial charge in [0.25, 0.3) is 0 Å². The van der Waals surface area contributed by atoms with Crippen LogP contribution in [-0.4, -0.2) is 6.61 Å². The zero-order valence-electron chi connectivity index (χ0n) is 8.50. The van der Waals surface area contributed by atoms with Gasteiger partial charge in [-0.1, -0.05) is 23.8 Å². The minimum atomic E-state index is -0.473. The molecule has 14 heavy (non-hydrogen) atoms. The van der Waals surface area contributed by atoms with E-state index < -0.39 is 5.41 Å². The quantitative estimate of drug-likeness (QED) is 0.624. The number of ether oxygens (including phenoxy) is 1. The SMILES string of the molecule is Cc1ccc2c(c1)C(C)(C#N)COC2. The Balaban J connectivity index is 2.59. The molecule has 2 nitrogen and oxygen atoms in total. The predicted octanol–water partition coefficient (Wildman–Crippen LogP) is 2.31. The second kappa shape index (κ2) is 3.11. The largest absolute Gasteiger partial charge is 0.375 e. The Labute approximate surface area is 84.1 Å². The summed E-state index contributed by atoms with van der Waals surface area (Å²) in [5.74, 6) is 0. The van der Waals surface area contributed by atoms with E-state index in [1.54, 1.807) is 0 Å². The molecule has 0 spiro atoms. The van der Waals surface area contributed by atoms with Gasteiger partial charge in [0.2, 0.25) is 0 Å². The number of nitrogens with zero attached hydrogens (tertiary/aromatic N) is 1. The summed E-state index contributed by atoms with van der Waals surface area (Å²) in [7, 11) is 0. The highest BCUT2D eigenvalue weighted by atomic mass is 16.5. The molecule has 1 aromatic carbocycles. The summed E-state index contributed by atoms with van der Waals surface area (Å²) in [6.45, 7) is 5.12. The fourth-order valence-electron chi connectivity index (χ4n) is 1.87. The topological polar surface area (TPSA) is 33.0 Å². The highest BCUT2D eigenvalue weighted by Crippen LogP contribution is 2.32. The Hall–Kier alpha value is -1.33. The van der Waals surface area contributed by atoms with E-state index in [1.807, 2.05) is 13.8 Å². The highest BCUT2D eigenvalue weighted by molar-refractivity contribution is 5.42. The van der Waals surface area contributed by atoms with Crippen molar-refractivity contribution in [1.82, 2.24) is 0 Å². The Morgan fingerprint density at radius 1 is 1.50 bits per heavy atom. The fraction of sp³-hybridized carbons (Fsp3) is 0.417. The van der Waals surface area contributed by atoms with Gasteiger partial charge in [0.1, 0.15) is 5.41 Å². The maximum absolute atomic E-state index is 9.16. The lowest BCUT2D eigenvalue weighted by molar-refractivity contribution is 0.0759. The number of nitriles is 1. The first kappa shape index (κ1) is 9.23. The molecule has 1 atom stereocenters. The van der Waals surface area contributed by atoms with Crippen LogP contribution in [-0.2, 0) is 16.8 Å². The van der Waals surface area contributed by atoms with E-state index in [0.717, 1.165) is 11.1 Å². The second-order valence-corrected chi connectivity index (χ2v) is 4.10. The van der Waals surface area contributed by atoms with Crippen LogP contribution in [0.25, 0.3) is 0 Å². The summed E-state index contributed by atoms with van der Waals surface area (Å²) in [6, 6.07) is 8.55. The molecule has 1 aliphatic heterocycles. The van der Waals surface area contributed by atoms with Crippen LogP contribution in [0.4, 0.5) is 0 Å². The van der Waals surface area contributed by atoms with Crippen molar-refractivity contribution < 1.29 is 4.74 Å². The molecule has 0 saturated heterocycles. The number of hydrogen-bond acceptors (Lipinski definition) is 2. The van der Waals surface area contributed by atoms with Crippen LogP contribution in [0.1, 0.15) is 23.6 Å². The van der Waals surface area contributed by atoms with Crippen LogP contribution in [0, 0.1) is 18.3 Å². The van der Waals surface area contributed by atoms with Crippen molar-refractivity contribution >= 4 is 0 Å². The van der Waals surface area contributed by atoms with Gasteiger partial charge in [-0.2, -0.15) is 5.26 Å². The van der Waals surface area contributed by atoms with Gasteiger partial charge in [-0.3, -0.25) is 0 Å². The minimum Gasteiger partial charge on any atom is -0.375 e. The Bertz CT molecular complexity index is 405. The first-order valence-electron chi connectivity index (χ1n) is 4.75. The third kappa shape index (κ3) is 1.30. The van der Waals surface area contributed by atoms with Crippen molar-refractivity contribution in [3.05, 3.63) is 34.9 Å². The summed E-state index contributed by atoms with van der Waals surface area (Å²) >= 11 is 0. The molecule has 1 aromatic rings. The van der Waals surface area contributed by atoms with Crippen LogP contribution < -0.4 is 0 Å². The van der Waals surface area contributed by atoms with Gasteiger partial charge < -0.3 is 4.74 Å². The lowest BCUT2D eigenvalue weighted by atomic mass is 9.80. The molecule has 0 bridgehead atoms. The predicted molar refractivity (Wildman–Crippen MR) is 53.8 cm³/mol. The van der Waals surface area contributed by atoms with Crippen molar-refractivity contribution in [2.75, 3.05) is 6.61 Å². The maximum Gasteiger partial charge on any atom is 0.103 e. The first-order chi connectivity index (χ1) is 6.65. The maximum atomic E-state index is 9.16. The summed E-state index contributed by atoms with van der Waals surface area (Å²) in [4.78, 5) is 0. The van der Waals surface area contributed by atoms with Crippen molar-refractivity contribution in [1.29, 1.82) is 5.26 Å². The van der Waals surface area contributed by atoms with Gasteiger partial charge in [0.05, 0.1) is 19.3 Å². The molecular weight excluding hydrogens is 174 g/mol. The molecule has 1 unspecified atom stereocenters. The van der Waals surface area contributed by atoms with Crippen molar-refractivity contribution in [3.63, 3.8) is 0 Å². The molecule has 0 radical (unpaired) electrons. The van der Waals surface area contributed by atoms with E-state index >= 15 is 0 Å². The summed E-state index contributed by atoms with van der Waals surface area (Å²) in [5, 5.41) is 9.16. The standard InChI is InChI=1S/C12H13NO/c1-9-3-4-10-6-14-8-12(2,7-13)11(10)5-9/h3-5H,6,8H2,1-2H3. The van der Waals surface area contributed by atoms with Crippen LogP contribution in [0.3, 0.4) is 0 Å². The van der Waals surface area contributed by atoms with Crippen LogP contribution >= 0.6 is 0 Å². The highest BCUT2D eigenvalue weighted by Gasteiger charge is 2.32. The molecule has 2 heteroatoms. The number of rotatable bonds is 0. The Kier molecular flexibility index (Phi) is 2.05. The summed E-state index contributed by atoms with van der Waals surface area (Å²) < 4.78 is 5.42. The lowest BCUT2D eigenvalue weighted by Gasteiger charge is -2.30. The van der Waals surface area contributed by atoms with Crippen LogP contribution in [0.5, 0.6) is 0 Å². The van der Waals surface area contributed by atoms with E-state index in [2.05, 4.69) is 24.3 Å². The van der Waals surface area contributed by atoms with Crippen molar-refractivity contribution in [2.24, 2.45) is 0 Å². The van der Waals surface area contributed by atoms with Gasteiger partial charge in [-0.05, 0) is 25.0 Å². The lowest BCUT2D eigenvalue weighted by Crippen LogP contribution is -2.32. The molecule has 2 rings (SSSR count). The molecule has 0 aliphatic carbocycles. The molecule has 1 heterocycles. The normalized spacial score (nSPS) is 25.2. The van der Waals surface area contributed by atoms with E-state index in [-0.39, 0.29) is 0 Å². The molecule has 0 fully saturated rings. The average Bonchev–Trinajstić information content (AvgIpc) is 2.20. The van der Waals surface area contributed by atoms with Crippen LogP contribution in [0.2, 0.25) is 0 Å². The van der Waals surface area contributed by atoms with Crippen molar-refractivity contribution in [2.45, 2.75) is 25.9 Å². The monoisotopic (exact) mass is 187 g/mol. The molecule has 0 saturated carbocycles. The smallest absolute Gasteiger partial charge is 0.103 e. The van der Waals surface area contributed by atoms with Gasteiger partial charge in [0.15, 0.2) is 0 Å². The average molecular weight is 187 g/mol. The number of benzene rings is 1. The van der Waals surface area contributed by atoms with Gasteiger partial charge in [-0.15, -0.1) is 0 Å². The third-order valence-corrected chi connectivity index (χ3v) is 2.75. The molecule has 72 valence electrons. The Morgan fingerprint density at radius 3 is 3.00 bits per heavy atom. The van der Waals surface area contributed by atoms with Gasteiger partial charge in [0, 0.05) is 0 Å². The second-order valence-electron chi connectivity index (χ2n) is 4.10. The zero-order chi connectivity index (χ0) is 10.2. The molecular formula is C12H13NO. The van der Waals surface area contributed by atoms with E-state index in [0.29, 0.717) is 13.2 Å². The summed E-state index contributed by atoms with van der Waals surface area (Å²) in [5.41, 5.74) is 3.00. The van der Waals surface area contributed by atoms with Gasteiger partial charge >= 0.3 is 0 Å². The van der Waals surface area contributed by atoms with E-state index in [4.69, 9.17) is 10.00 Å². The van der Waals surface area contributed by atoms with Crippen molar-refractivity contribution in [3.8, 4) is 6.07 Å². The molecule has 1 aliphatic rings. The number of fused-ring (bicyclic) bond motifs is 1. The fourth-order valence-corrected chi connectivity index (χ4v) is 1.87. The van der Waals surface area contributed by atoms with E-state index in [1.165, 1.54) is 5.56 Å². The molecule has 0 aromatic heterocycles. The first-order valence-corrected chi connectivity index (χ1v) is 4.75. The number of hydrogen-bond donors (Lipinski definition) is 0. The Morgan fingerprint density at radius 2 is 2.29 bits per heavy atom. The minimum absolute atomic E-state index is 0.473. The van der Waals surface area contributed by atoms with Gasteiger partial charge in [-0.25, -0.2) is 0 Å². The number of aryl methyl sites for hydroxylation is 1. The van der Waals surface area contributed by atoms with E-state index in [9.17, 15) is 0 Å². The zero-order valence-corrected chi connectivity index (χ0v) is 8.50. The molecule has 0 amide bonds. The summed E-state index contributed by atoms with van der Waals surface area (Å²) in [6.07, 6.45) is 0.